The molecular formula is C29H36FN3O2S. The summed E-state index contributed by atoms with van der Waals surface area (Å²) in [6.45, 7) is 9.40. The Bertz CT molecular complexity index is 1220. The fraction of sp³-hybridized carbons (Fsp3) is 0.448. The molecule has 0 radical (unpaired) electrons. The van der Waals surface area contributed by atoms with Crippen LogP contribution in [0.2, 0.25) is 0 Å². The summed E-state index contributed by atoms with van der Waals surface area (Å²) in [5, 5.41) is 9.27. The van der Waals surface area contributed by atoms with Crippen molar-refractivity contribution in [1.82, 2.24) is 9.88 Å². The van der Waals surface area contributed by atoms with Crippen molar-refractivity contribution < 1.29 is 14.2 Å². The highest BCUT2D eigenvalue weighted by atomic mass is 32.1. The monoisotopic (exact) mass is 509 g/mol. The van der Waals surface area contributed by atoms with Crippen LogP contribution in [0.5, 0.6) is 11.5 Å². The van der Waals surface area contributed by atoms with E-state index in [4.69, 9.17) is 9.73 Å². The lowest BCUT2D eigenvalue weighted by Gasteiger charge is -2.24. The highest BCUT2D eigenvalue weighted by Crippen LogP contribution is 2.39. The minimum atomic E-state index is -0.372. The summed E-state index contributed by atoms with van der Waals surface area (Å²) in [4.78, 5) is 12.7. The van der Waals surface area contributed by atoms with Crippen LogP contribution in [0.4, 0.5) is 4.39 Å². The van der Waals surface area contributed by atoms with Crippen LogP contribution in [0.1, 0.15) is 50.0 Å². The number of fused-ring (bicyclic) bond motifs is 1. The number of hydrogen-bond acceptors (Lipinski definition) is 6. The van der Waals surface area contributed by atoms with E-state index in [0.29, 0.717) is 17.6 Å². The molecule has 0 fully saturated rings. The van der Waals surface area contributed by atoms with E-state index in [-0.39, 0.29) is 18.2 Å². The van der Waals surface area contributed by atoms with Gasteiger partial charge in [0.25, 0.3) is 0 Å². The number of aryl methyl sites for hydroxylation is 1. The summed E-state index contributed by atoms with van der Waals surface area (Å²) >= 11 is 1.58. The highest BCUT2D eigenvalue weighted by Gasteiger charge is 2.18. The molecule has 5 nitrogen and oxygen atoms in total. The Kier molecular flexibility index (Phi) is 9.24. The van der Waals surface area contributed by atoms with Crippen molar-refractivity contribution in [2.24, 2.45) is 16.8 Å². The third-order valence-electron chi connectivity index (χ3n) is 6.57. The number of aliphatic hydroxyl groups excluding tert-OH is 1. The van der Waals surface area contributed by atoms with Crippen LogP contribution in [0.25, 0.3) is 15.9 Å². The zero-order valence-electron chi connectivity index (χ0n) is 21.4. The van der Waals surface area contributed by atoms with E-state index in [1.54, 1.807) is 29.7 Å². The van der Waals surface area contributed by atoms with E-state index in [0.717, 1.165) is 71.7 Å². The Hall–Kier alpha value is -2.61. The third kappa shape index (κ3) is 6.78. The van der Waals surface area contributed by atoms with Gasteiger partial charge in [0.1, 0.15) is 5.75 Å². The molecule has 3 aromatic rings. The fourth-order valence-corrected chi connectivity index (χ4v) is 5.70. The minimum absolute atomic E-state index is 0.212. The van der Waals surface area contributed by atoms with E-state index in [9.17, 15) is 9.50 Å². The van der Waals surface area contributed by atoms with Crippen molar-refractivity contribution in [3.05, 3.63) is 58.9 Å². The first kappa shape index (κ1) is 26.5. The average Bonchev–Trinajstić information content (AvgIpc) is 3.30. The van der Waals surface area contributed by atoms with Crippen LogP contribution in [0.15, 0.2) is 47.6 Å². The van der Waals surface area contributed by atoms with Gasteiger partial charge in [0.15, 0.2) is 11.6 Å². The summed E-state index contributed by atoms with van der Waals surface area (Å²) in [6, 6.07) is 8.79. The Morgan fingerprint density at radius 3 is 2.78 bits per heavy atom. The third-order valence-corrected chi connectivity index (χ3v) is 7.73. The number of thiophene rings is 1. The van der Waals surface area contributed by atoms with Crippen molar-refractivity contribution in [3.63, 3.8) is 0 Å². The normalized spacial score (nSPS) is 16.5. The standard InChI is InChI=1S/C29H36FN3O2S/c1-4-12-33(14-15-34)13-10-21(3)16-22-6-7-24(32-19-22)28-18-25-29(36-28)27(9-11-31-25)35-26-8-5-20(2)17-23(26)30/h5,7-9,11,17-19,21-22,34H,4,6,10,12-16H2,1-3H3. The maximum atomic E-state index is 14.3. The molecule has 7 heteroatoms. The van der Waals surface area contributed by atoms with Gasteiger partial charge in [-0.2, -0.15) is 0 Å². The van der Waals surface area contributed by atoms with Crippen LogP contribution < -0.4 is 4.74 Å². The van der Waals surface area contributed by atoms with Crippen LogP contribution in [0.3, 0.4) is 0 Å². The molecule has 1 aliphatic rings. The molecule has 0 saturated heterocycles. The van der Waals surface area contributed by atoms with E-state index in [2.05, 4.69) is 36.0 Å². The molecule has 192 valence electrons. The van der Waals surface area contributed by atoms with Gasteiger partial charge < -0.3 is 14.7 Å². The van der Waals surface area contributed by atoms with Gasteiger partial charge in [-0.1, -0.05) is 26.0 Å². The lowest BCUT2D eigenvalue weighted by Crippen LogP contribution is -2.30. The predicted molar refractivity (Wildman–Crippen MR) is 148 cm³/mol. The van der Waals surface area contributed by atoms with E-state index in [1.807, 2.05) is 19.1 Å². The minimum Gasteiger partial charge on any atom is -0.453 e. The average molecular weight is 510 g/mol. The maximum Gasteiger partial charge on any atom is 0.165 e. The summed E-state index contributed by atoms with van der Waals surface area (Å²) < 4.78 is 21.2. The number of ether oxygens (including phenoxy) is 1. The van der Waals surface area contributed by atoms with E-state index in [1.165, 1.54) is 6.07 Å². The van der Waals surface area contributed by atoms with Crippen LogP contribution in [-0.4, -0.2) is 47.4 Å². The summed E-state index contributed by atoms with van der Waals surface area (Å²) in [5.74, 6) is 1.48. The smallest absolute Gasteiger partial charge is 0.165 e. The van der Waals surface area contributed by atoms with Gasteiger partial charge in [0.05, 0.1) is 27.4 Å². The zero-order chi connectivity index (χ0) is 25.5. The van der Waals surface area contributed by atoms with Crippen molar-refractivity contribution in [2.45, 2.75) is 46.5 Å². The Morgan fingerprint density at radius 1 is 1.19 bits per heavy atom. The van der Waals surface area contributed by atoms with Crippen LogP contribution in [0, 0.1) is 24.6 Å². The van der Waals surface area contributed by atoms with Crippen LogP contribution >= 0.6 is 11.3 Å². The molecule has 0 saturated carbocycles. The van der Waals surface area contributed by atoms with Crippen molar-refractivity contribution in [2.75, 3.05) is 26.2 Å². The molecule has 1 aromatic carbocycles. The molecular weight excluding hydrogens is 473 g/mol. The lowest BCUT2D eigenvalue weighted by atomic mass is 9.90. The topological polar surface area (TPSA) is 58.0 Å². The Morgan fingerprint density at radius 2 is 2.06 bits per heavy atom. The number of aliphatic imine (C=N–C) groups is 1. The van der Waals surface area contributed by atoms with Crippen LogP contribution in [-0.2, 0) is 0 Å². The van der Waals surface area contributed by atoms with Gasteiger partial charge >= 0.3 is 0 Å². The molecule has 2 atom stereocenters. The zero-order valence-corrected chi connectivity index (χ0v) is 22.2. The van der Waals surface area contributed by atoms with E-state index >= 15 is 0 Å². The van der Waals surface area contributed by atoms with Crippen molar-refractivity contribution >= 4 is 33.5 Å². The molecule has 3 heterocycles. The van der Waals surface area contributed by atoms with Gasteiger partial charge in [-0.15, -0.1) is 11.3 Å². The highest BCUT2D eigenvalue weighted by molar-refractivity contribution is 7.20. The molecule has 0 bridgehead atoms. The number of pyridine rings is 1. The Labute approximate surface area is 217 Å². The first-order chi connectivity index (χ1) is 17.5. The number of halogens is 1. The molecule has 2 unspecified atom stereocenters. The molecule has 1 N–H and O–H groups in total. The molecule has 4 rings (SSSR count). The fourth-order valence-electron chi connectivity index (χ4n) is 4.64. The van der Waals surface area contributed by atoms with Gasteiger partial charge in [-0.05, 0) is 81.3 Å². The van der Waals surface area contributed by atoms with Crippen molar-refractivity contribution in [1.29, 1.82) is 0 Å². The number of rotatable bonds is 12. The second kappa shape index (κ2) is 12.6. The van der Waals surface area contributed by atoms with Gasteiger partial charge in [0.2, 0.25) is 0 Å². The largest absolute Gasteiger partial charge is 0.453 e. The number of hydrogen-bond donors (Lipinski definition) is 1. The summed E-state index contributed by atoms with van der Waals surface area (Å²) in [5.41, 5.74) is 2.64. The Balaban J connectivity index is 1.38. The van der Waals surface area contributed by atoms with Crippen molar-refractivity contribution in [3.8, 4) is 11.5 Å². The number of aromatic nitrogens is 1. The van der Waals surface area contributed by atoms with E-state index < -0.39 is 0 Å². The maximum absolute atomic E-state index is 14.3. The molecule has 2 aromatic heterocycles. The number of aliphatic hydroxyl groups is 1. The number of nitrogens with zero attached hydrogens (tertiary/aromatic N) is 3. The molecule has 1 aliphatic heterocycles. The summed E-state index contributed by atoms with van der Waals surface area (Å²) in [6.07, 6.45) is 10.3. The predicted octanol–water partition coefficient (Wildman–Crippen LogP) is 7.09. The second-order valence-electron chi connectivity index (χ2n) is 9.73. The van der Waals surface area contributed by atoms with Gasteiger partial charge in [-0.3, -0.25) is 9.98 Å². The first-order valence-corrected chi connectivity index (χ1v) is 13.7. The lowest BCUT2D eigenvalue weighted by molar-refractivity contribution is 0.186. The quantitative estimate of drug-likeness (QED) is 0.283. The number of benzene rings is 1. The molecule has 0 spiro atoms. The molecule has 36 heavy (non-hydrogen) atoms. The molecule has 0 aliphatic carbocycles. The second-order valence-corrected chi connectivity index (χ2v) is 10.8. The van der Waals surface area contributed by atoms with Gasteiger partial charge in [-0.25, -0.2) is 4.39 Å². The summed E-state index contributed by atoms with van der Waals surface area (Å²) in [7, 11) is 0. The van der Waals surface area contributed by atoms with Gasteiger partial charge in [0, 0.05) is 25.0 Å². The number of allylic oxidation sites excluding steroid dienone is 1. The first-order valence-electron chi connectivity index (χ1n) is 12.9. The SMILES string of the molecule is CCCN(CCO)CCC(C)CC1C=NC(c2cc3nccc(Oc4ccc(C)cc4F)c3s2)=CC1. The molecule has 0 amide bonds.